The van der Waals surface area contributed by atoms with Gasteiger partial charge in [0.15, 0.2) is 0 Å². The third kappa shape index (κ3) is 5.84. The van der Waals surface area contributed by atoms with E-state index in [0.717, 1.165) is 6.61 Å². The molecule has 17 heavy (non-hydrogen) atoms. The van der Waals surface area contributed by atoms with Crippen LogP contribution in [0.2, 0.25) is 0 Å². The van der Waals surface area contributed by atoms with E-state index >= 15 is 0 Å². The average molecular weight is 242 g/mol. The molecule has 0 amide bonds. The highest BCUT2D eigenvalue weighted by molar-refractivity contribution is 4.78. The summed E-state index contributed by atoms with van der Waals surface area (Å²) in [4.78, 5) is 2.56. The van der Waals surface area contributed by atoms with Crippen LogP contribution in [0.3, 0.4) is 0 Å². The fourth-order valence-electron chi connectivity index (χ4n) is 2.74. The molecule has 1 saturated heterocycles. The molecule has 0 bridgehead atoms. The average Bonchev–Trinajstić information content (AvgIpc) is 2.55. The van der Waals surface area contributed by atoms with Gasteiger partial charge in [-0.2, -0.15) is 0 Å². The molecule has 0 saturated carbocycles. The molecule has 0 aliphatic carbocycles. The summed E-state index contributed by atoms with van der Waals surface area (Å²) >= 11 is 0. The quantitative estimate of drug-likeness (QED) is 0.741. The van der Waals surface area contributed by atoms with E-state index in [-0.39, 0.29) is 0 Å². The van der Waals surface area contributed by atoms with Gasteiger partial charge in [0.25, 0.3) is 0 Å². The Kier molecular flexibility index (Phi) is 7.82. The maximum absolute atomic E-state index is 5.30. The number of ether oxygens (including phenoxy) is 1. The predicted molar refractivity (Wildman–Crippen MR) is 73.5 cm³/mol. The summed E-state index contributed by atoms with van der Waals surface area (Å²) in [6.07, 6.45) is 6.40. The molecule has 1 aliphatic heterocycles. The molecule has 0 aromatic heterocycles. The molecule has 1 rings (SSSR count). The van der Waals surface area contributed by atoms with Crippen LogP contribution in [0.15, 0.2) is 0 Å². The Morgan fingerprint density at radius 3 is 2.76 bits per heavy atom. The number of hydrogen-bond acceptors (Lipinski definition) is 3. The second-order valence-corrected chi connectivity index (χ2v) is 5.17. The molecule has 3 heteroatoms. The summed E-state index contributed by atoms with van der Waals surface area (Å²) in [6, 6.07) is 1.24. The van der Waals surface area contributed by atoms with Crippen LogP contribution in [0.5, 0.6) is 0 Å². The molecule has 0 aromatic rings. The number of rotatable bonds is 7. The topological polar surface area (TPSA) is 24.5 Å². The van der Waals surface area contributed by atoms with Crippen LogP contribution in [0.1, 0.15) is 46.0 Å². The van der Waals surface area contributed by atoms with E-state index in [4.69, 9.17) is 4.74 Å². The first-order valence-corrected chi connectivity index (χ1v) is 7.27. The Morgan fingerprint density at radius 1 is 1.29 bits per heavy atom. The second-order valence-electron chi connectivity index (χ2n) is 5.17. The van der Waals surface area contributed by atoms with Crippen molar-refractivity contribution in [3.05, 3.63) is 0 Å². The second kappa shape index (κ2) is 8.90. The van der Waals surface area contributed by atoms with Crippen molar-refractivity contribution in [2.24, 2.45) is 0 Å². The molecule has 102 valence electrons. The van der Waals surface area contributed by atoms with Crippen LogP contribution in [0, 0.1) is 0 Å². The molecule has 1 heterocycles. The SMILES string of the molecule is CCCC(COC)NC1CCCN(CC)CC1. The van der Waals surface area contributed by atoms with Crippen molar-refractivity contribution < 1.29 is 4.74 Å². The predicted octanol–water partition coefficient (Wildman–Crippen LogP) is 2.27. The molecule has 2 unspecified atom stereocenters. The maximum atomic E-state index is 5.30. The van der Waals surface area contributed by atoms with Crippen molar-refractivity contribution in [1.29, 1.82) is 0 Å². The molecule has 0 radical (unpaired) electrons. The molecule has 0 aromatic carbocycles. The monoisotopic (exact) mass is 242 g/mol. The van der Waals surface area contributed by atoms with Crippen molar-refractivity contribution in [3.8, 4) is 0 Å². The molecule has 1 fully saturated rings. The Morgan fingerprint density at radius 2 is 2.12 bits per heavy atom. The van der Waals surface area contributed by atoms with Gasteiger partial charge in [-0.25, -0.2) is 0 Å². The fraction of sp³-hybridized carbons (Fsp3) is 1.00. The summed E-state index contributed by atoms with van der Waals surface area (Å²) in [5.41, 5.74) is 0. The summed E-state index contributed by atoms with van der Waals surface area (Å²) in [5.74, 6) is 0. The fourth-order valence-corrected chi connectivity index (χ4v) is 2.74. The third-order valence-corrected chi connectivity index (χ3v) is 3.74. The first-order valence-electron chi connectivity index (χ1n) is 7.27. The third-order valence-electron chi connectivity index (χ3n) is 3.74. The Labute approximate surface area is 107 Å². The normalized spacial score (nSPS) is 24.5. The van der Waals surface area contributed by atoms with Crippen LogP contribution >= 0.6 is 0 Å². The van der Waals surface area contributed by atoms with E-state index in [0.29, 0.717) is 12.1 Å². The molecule has 1 aliphatic rings. The number of hydrogen-bond donors (Lipinski definition) is 1. The zero-order valence-corrected chi connectivity index (χ0v) is 11.9. The lowest BCUT2D eigenvalue weighted by Crippen LogP contribution is -2.41. The smallest absolute Gasteiger partial charge is 0.0615 e. The Hall–Kier alpha value is -0.120. The van der Waals surface area contributed by atoms with Gasteiger partial charge in [-0.05, 0) is 45.3 Å². The van der Waals surface area contributed by atoms with Crippen LogP contribution < -0.4 is 5.32 Å². The summed E-state index contributed by atoms with van der Waals surface area (Å²) in [5, 5.41) is 3.79. The van der Waals surface area contributed by atoms with E-state index in [1.54, 1.807) is 7.11 Å². The van der Waals surface area contributed by atoms with Gasteiger partial charge in [0.2, 0.25) is 0 Å². The lowest BCUT2D eigenvalue weighted by molar-refractivity contribution is 0.154. The van der Waals surface area contributed by atoms with E-state index in [9.17, 15) is 0 Å². The van der Waals surface area contributed by atoms with Crippen molar-refractivity contribution in [2.75, 3.05) is 33.4 Å². The zero-order chi connectivity index (χ0) is 12.5. The van der Waals surface area contributed by atoms with Crippen LogP contribution in [-0.2, 0) is 4.74 Å². The minimum Gasteiger partial charge on any atom is -0.383 e. The highest BCUT2D eigenvalue weighted by Crippen LogP contribution is 2.12. The summed E-state index contributed by atoms with van der Waals surface area (Å²) < 4.78 is 5.30. The van der Waals surface area contributed by atoms with Crippen molar-refractivity contribution in [1.82, 2.24) is 10.2 Å². The zero-order valence-electron chi connectivity index (χ0n) is 11.9. The van der Waals surface area contributed by atoms with Gasteiger partial charge in [-0.3, -0.25) is 0 Å². The largest absolute Gasteiger partial charge is 0.383 e. The van der Waals surface area contributed by atoms with Gasteiger partial charge < -0.3 is 15.0 Å². The van der Waals surface area contributed by atoms with Crippen LogP contribution in [-0.4, -0.2) is 50.3 Å². The number of methoxy groups -OCH3 is 1. The number of nitrogens with zero attached hydrogens (tertiary/aromatic N) is 1. The van der Waals surface area contributed by atoms with Gasteiger partial charge in [-0.15, -0.1) is 0 Å². The highest BCUT2D eigenvalue weighted by atomic mass is 16.5. The van der Waals surface area contributed by atoms with Crippen LogP contribution in [0.25, 0.3) is 0 Å². The molecule has 1 N–H and O–H groups in total. The Balaban J connectivity index is 2.32. The molecular formula is C14H30N2O. The molecule has 3 nitrogen and oxygen atoms in total. The first kappa shape index (κ1) is 14.9. The van der Waals surface area contributed by atoms with Gasteiger partial charge in [-0.1, -0.05) is 20.3 Å². The maximum Gasteiger partial charge on any atom is 0.0615 e. The lowest BCUT2D eigenvalue weighted by atomic mass is 10.1. The minimum absolute atomic E-state index is 0.545. The summed E-state index contributed by atoms with van der Waals surface area (Å²) in [6.45, 7) is 9.08. The van der Waals surface area contributed by atoms with Crippen LogP contribution in [0.4, 0.5) is 0 Å². The summed E-state index contributed by atoms with van der Waals surface area (Å²) in [7, 11) is 1.80. The molecular weight excluding hydrogens is 212 g/mol. The van der Waals surface area contributed by atoms with Crippen molar-refractivity contribution >= 4 is 0 Å². The minimum atomic E-state index is 0.545. The molecule has 2 atom stereocenters. The Bertz CT molecular complexity index is 181. The first-order chi connectivity index (χ1) is 8.30. The van der Waals surface area contributed by atoms with E-state index in [2.05, 4.69) is 24.1 Å². The van der Waals surface area contributed by atoms with Gasteiger partial charge in [0, 0.05) is 19.2 Å². The number of likely N-dealkylation sites (tertiary alicyclic amines) is 1. The lowest BCUT2D eigenvalue weighted by Gasteiger charge is -2.24. The molecule has 0 spiro atoms. The standard InChI is InChI=1S/C14H30N2O/c1-4-7-14(12-17-3)15-13-8-6-10-16(5-2)11-9-13/h13-15H,4-12H2,1-3H3. The highest BCUT2D eigenvalue weighted by Gasteiger charge is 2.18. The van der Waals surface area contributed by atoms with Gasteiger partial charge in [0.05, 0.1) is 6.61 Å². The van der Waals surface area contributed by atoms with Gasteiger partial charge >= 0.3 is 0 Å². The van der Waals surface area contributed by atoms with Crippen molar-refractivity contribution in [3.63, 3.8) is 0 Å². The van der Waals surface area contributed by atoms with E-state index in [1.807, 2.05) is 0 Å². The van der Waals surface area contributed by atoms with Gasteiger partial charge in [0.1, 0.15) is 0 Å². The van der Waals surface area contributed by atoms with E-state index in [1.165, 1.54) is 51.7 Å². The van der Waals surface area contributed by atoms with Crippen molar-refractivity contribution in [2.45, 2.75) is 58.0 Å². The number of nitrogens with one attached hydrogen (secondary N) is 1. The van der Waals surface area contributed by atoms with E-state index < -0.39 is 0 Å².